The molecule has 1 aromatic heterocycles. The number of benzene rings is 2. The molecule has 200 valence electrons. The number of aromatic amines is 1. The van der Waals surface area contributed by atoms with Crippen molar-refractivity contribution >= 4 is 62.4 Å². The number of nitrogens with one attached hydrogen (secondary N) is 3. The van der Waals surface area contributed by atoms with Crippen LogP contribution in [0.25, 0.3) is 11.0 Å². The van der Waals surface area contributed by atoms with E-state index >= 15 is 0 Å². The molecule has 0 saturated carbocycles. The van der Waals surface area contributed by atoms with Crippen LogP contribution in [0.3, 0.4) is 0 Å². The van der Waals surface area contributed by atoms with Crippen molar-refractivity contribution in [2.45, 2.75) is 50.3 Å². The number of aromatic carboxylic acids is 1. The number of ether oxygens (including phenoxy) is 1. The van der Waals surface area contributed by atoms with Crippen LogP contribution in [0.4, 0.5) is 10.5 Å². The molecule has 11 nitrogen and oxygen atoms in total. The fourth-order valence-corrected chi connectivity index (χ4v) is 5.87. The number of anilines is 1. The minimum atomic E-state index is -1.26. The molecule has 0 radical (unpaired) electrons. The second-order valence-corrected chi connectivity index (χ2v) is 11.7. The van der Waals surface area contributed by atoms with Crippen LogP contribution >= 0.6 is 27.7 Å². The Balaban J connectivity index is 1.53. The summed E-state index contributed by atoms with van der Waals surface area (Å²) < 4.78 is 7.27. The van der Waals surface area contributed by atoms with Crippen LogP contribution in [0.2, 0.25) is 0 Å². The lowest BCUT2D eigenvalue weighted by Gasteiger charge is -2.27. The number of amides is 2. The number of hydrogen-bond donors (Lipinski definition) is 4. The van der Waals surface area contributed by atoms with Gasteiger partial charge < -0.3 is 25.5 Å². The summed E-state index contributed by atoms with van der Waals surface area (Å²) in [6, 6.07) is 7.29. The first-order valence-electron chi connectivity index (χ1n) is 11.6. The average Bonchev–Trinajstić information content (AvgIpc) is 2.81. The SMILES string of the molecule is CC(C)(C)OC(=O)NCc1ccc(NC(=O)CC2CSc3cc(Br)cc4[nH]c(=O)c(=O)n2c34)c(C(=O)O)c1. The van der Waals surface area contributed by atoms with Crippen LogP contribution in [-0.4, -0.2) is 44.0 Å². The first-order chi connectivity index (χ1) is 17.8. The van der Waals surface area contributed by atoms with E-state index in [0.29, 0.717) is 22.3 Å². The predicted molar refractivity (Wildman–Crippen MR) is 146 cm³/mol. The van der Waals surface area contributed by atoms with Gasteiger partial charge in [0.15, 0.2) is 0 Å². The van der Waals surface area contributed by atoms with Crippen molar-refractivity contribution in [2.24, 2.45) is 0 Å². The number of carbonyl (C=O) groups excluding carboxylic acids is 2. The quantitative estimate of drug-likeness (QED) is 0.309. The first kappa shape index (κ1) is 27.5. The Morgan fingerprint density at radius 1 is 1.21 bits per heavy atom. The zero-order valence-corrected chi connectivity index (χ0v) is 23.1. The van der Waals surface area contributed by atoms with E-state index in [1.807, 2.05) is 6.07 Å². The standard InChI is InChI=1S/C25H25BrN4O7S/c1-25(2,3)37-24(36)27-10-12-4-5-16(15(6-12)23(34)35)28-19(31)9-14-11-38-18-8-13(26)7-17-20(18)30(14)22(33)21(32)29-17/h4-8,14H,9-11H2,1-3H3,(H,27,36)(H,28,31)(H,29,32)(H,34,35). The highest BCUT2D eigenvalue weighted by Gasteiger charge is 2.27. The molecule has 4 rings (SSSR count). The Morgan fingerprint density at radius 3 is 2.63 bits per heavy atom. The highest BCUT2D eigenvalue weighted by atomic mass is 79.9. The van der Waals surface area contributed by atoms with Crippen LogP contribution in [0.5, 0.6) is 0 Å². The van der Waals surface area contributed by atoms with Gasteiger partial charge in [-0.3, -0.25) is 19.0 Å². The van der Waals surface area contributed by atoms with Gasteiger partial charge in [0.05, 0.1) is 28.3 Å². The molecular formula is C25H25BrN4O7S. The first-order valence-corrected chi connectivity index (χ1v) is 13.3. The summed E-state index contributed by atoms with van der Waals surface area (Å²) in [6.45, 7) is 5.21. The fourth-order valence-electron chi connectivity index (χ4n) is 4.06. The number of carboxylic acids is 1. The van der Waals surface area contributed by atoms with Gasteiger partial charge in [0.2, 0.25) is 5.91 Å². The number of nitrogens with zero attached hydrogens (tertiary/aromatic N) is 1. The van der Waals surface area contributed by atoms with Crippen molar-refractivity contribution in [3.8, 4) is 0 Å². The summed E-state index contributed by atoms with van der Waals surface area (Å²) in [7, 11) is 0. The van der Waals surface area contributed by atoms with Crippen LogP contribution in [0.15, 0.2) is 49.3 Å². The molecule has 0 bridgehead atoms. The van der Waals surface area contributed by atoms with Gasteiger partial charge in [-0.15, -0.1) is 11.8 Å². The zero-order chi connectivity index (χ0) is 27.8. The number of aromatic nitrogens is 2. The average molecular weight is 605 g/mol. The van der Waals surface area contributed by atoms with E-state index in [4.69, 9.17) is 4.74 Å². The van der Waals surface area contributed by atoms with E-state index in [9.17, 15) is 29.1 Å². The van der Waals surface area contributed by atoms with E-state index in [0.717, 1.165) is 9.37 Å². The van der Waals surface area contributed by atoms with Gasteiger partial charge in [-0.25, -0.2) is 9.59 Å². The van der Waals surface area contributed by atoms with Crippen molar-refractivity contribution in [1.82, 2.24) is 14.9 Å². The summed E-state index contributed by atoms with van der Waals surface area (Å²) in [4.78, 5) is 65.2. The molecule has 0 spiro atoms. The lowest BCUT2D eigenvalue weighted by atomic mass is 10.1. The van der Waals surface area contributed by atoms with Gasteiger partial charge in [0.1, 0.15) is 5.60 Å². The highest BCUT2D eigenvalue weighted by Crippen LogP contribution is 2.38. The topological polar surface area (TPSA) is 160 Å². The van der Waals surface area contributed by atoms with E-state index in [-0.39, 0.29) is 24.2 Å². The zero-order valence-electron chi connectivity index (χ0n) is 20.7. The van der Waals surface area contributed by atoms with Gasteiger partial charge in [-0.2, -0.15) is 0 Å². The molecule has 0 aliphatic carbocycles. The molecular weight excluding hydrogens is 580 g/mol. The number of halogens is 1. The van der Waals surface area contributed by atoms with E-state index in [1.165, 1.54) is 28.5 Å². The van der Waals surface area contributed by atoms with Crippen molar-refractivity contribution in [1.29, 1.82) is 0 Å². The summed E-state index contributed by atoms with van der Waals surface area (Å²) in [5.41, 5.74) is -0.805. The number of H-pyrrole nitrogens is 1. The third-order valence-corrected chi connectivity index (χ3v) is 7.21. The summed E-state index contributed by atoms with van der Waals surface area (Å²) in [6.07, 6.45) is -0.794. The highest BCUT2D eigenvalue weighted by molar-refractivity contribution is 9.10. The van der Waals surface area contributed by atoms with Crippen molar-refractivity contribution in [3.05, 3.63) is 66.6 Å². The van der Waals surface area contributed by atoms with Crippen molar-refractivity contribution < 1.29 is 24.2 Å². The number of carbonyl (C=O) groups is 3. The maximum atomic E-state index is 13.0. The molecule has 4 N–H and O–H groups in total. The molecule has 0 fully saturated rings. The normalized spacial score (nSPS) is 14.7. The Bertz CT molecular complexity index is 1570. The molecule has 2 amide bonds. The van der Waals surface area contributed by atoms with Gasteiger partial charge >= 0.3 is 23.2 Å². The molecule has 1 atom stereocenters. The van der Waals surface area contributed by atoms with Crippen LogP contribution in [0, 0.1) is 0 Å². The molecule has 1 aliphatic heterocycles. The Kier molecular flexibility index (Phi) is 7.70. The third-order valence-electron chi connectivity index (χ3n) is 5.58. The second-order valence-electron chi connectivity index (χ2n) is 9.69. The number of rotatable bonds is 6. The van der Waals surface area contributed by atoms with E-state index in [2.05, 4.69) is 31.5 Å². The van der Waals surface area contributed by atoms with Gasteiger partial charge in [0.25, 0.3) is 0 Å². The van der Waals surface area contributed by atoms with E-state index < -0.39 is 40.7 Å². The van der Waals surface area contributed by atoms with Crippen LogP contribution in [0.1, 0.15) is 49.2 Å². The van der Waals surface area contributed by atoms with E-state index in [1.54, 1.807) is 32.9 Å². The number of thioether (sulfide) groups is 1. The molecule has 3 aromatic rings. The van der Waals surface area contributed by atoms with Crippen molar-refractivity contribution in [2.75, 3.05) is 11.1 Å². The monoisotopic (exact) mass is 604 g/mol. The van der Waals surface area contributed by atoms with Crippen LogP contribution < -0.4 is 21.8 Å². The molecule has 13 heteroatoms. The predicted octanol–water partition coefficient (Wildman–Crippen LogP) is 3.85. The van der Waals surface area contributed by atoms with Crippen LogP contribution in [-0.2, 0) is 16.1 Å². The van der Waals surface area contributed by atoms with Gasteiger partial charge in [0, 0.05) is 28.1 Å². The Hall–Kier alpha value is -3.58. The molecule has 38 heavy (non-hydrogen) atoms. The maximum Gasteiger partial charge on any atom is 0.407 e. The summed E-state index contributed by atoms with van der Waals surface area (Å²) >= 11 is 4.85. The Morgan fingerprint density at radius 2 is 1.95 bits per heavy atom. The maximum absolute atomic E-state index is 13.0. The largest absolute Gasteiger partial charge is 0.478 e. The fraction of sp³-hybridized carbons (Fsp3) is 0.320. The molecule has 2 heterocycles. The lowest BCUT2D eigenvalue weighted by molar-refractivity contribution is -0.116. The number of alkyl carbamates (subject to hydrolysis) is 1. The molecule has 0 saturated heterocycles. The minimum Gasteiger partial charge on any atom is -0.478 e. The summed E-state index contributed by atoms with van der Waals surface area (Å²) in [5.74, 6) is -1.41. The number of hydrogen-bond acceptors (Lipinski definition) is 7. The van der Waals surface area contributed by atoms with Crippen molar-refractivity contribution in [3.63, 3.8) is 0 Å². The lowest BCUT2D eigenvalue weighted by Crippen LogP contribution is -2.41. The molecule has 1 unspecified atom stereocenters. The molecule has 2 aromatic carbocycles. The summed E-state index contributed by atoms with van der Waals surface area (Å²) in [5, 5.41) is 14.9. The smallest absolute Gasteiger partial charge is 0.407 e. The Labute approximate surface area is 229 Å². The minimum absolute atomic E-state index is 0.0275. The second kappa shape index (κ2) is 10.7. The number of carboxylic acid groups (broad SMARTS) is 1. The third kappa shape index (κ3) is 6.10. The van der Waals surface area contributed by atoms with Gasteiger partial charge in [-0.1, -0.05) is 22.0 Å². The van der Waals surface area contributed by atoms with Gasteiger partial charge in [-0.05, 0) is 50.6 Å². The molecule has 1 aliphatic rings.